The smallest absolute Gasteiger partial charge is 0.419 e. The Morgan fingerprint density at radius 2 is 1.47 bits per heavy atom. The number of benzene rings is 2. The number of rotatable bonds is 16. The molecule has 2 aromatic carbocycles. The van der Waals surface area contributed by atoms with Crippen molar-refractivity contribution < 1.29 is 57.2 Å². The molecule has 0 spiro atoms. The van der Waals surface area contributed by atoms with Crippen LogP contribution in [0, 0.1) is 5.41 Å². The number of methoxy groups -OCH3 is 1. The van der Waals surface area contributed by atoms with Gasteiger partial charge in [-0.1, -0.05) is 44.2 Å². The maximum absolute atomic E-state index is 12.7. The second-order valence-corrected chi connectivity index (χ2v) is 11.1. The van der Waals surface area contributed by atoms with Gasteiger partial charge in [-0.3, -0.25) is 24.0 Å². The Balaban J connectivity index is 1.87. The van der Waals surface area contributed by atoms with Crippen molar-refractivity contribution in [3.05, 3.63) is 47.5 Å². The van der Waals surface area contributed by atoms with Crippen LogP contribution >= 0.6 is 0 Å². The minimum absolute atomic E-state index is 0.0424. The first kappa shape index (κ1) is 36.7. The van der Waals surface area contributed by atoms with Crippen LogP contribution in [0.1, 0.15) is 58.6 Å². The van der Waals surface area contributed by atoms with Crippen molar-refractivity contribution in [1.29, 1.82) is 0 Å². The third-order valence-corrected chi connectivity index (χ3v) is 6.44. The van der Waals surface area contributed by atoms with E-state index in [9.17, 15) is 28.8 Å². The Hall–Kier alpha value is -4.52. The van der Waals surface area contributed by atoms with Gasteiger partial charge in [-0.15, -0.1) is 0 Å². The van der Waals surface area contributed by atoms with E-state index in [0.29, 0.717) is 13.0 Å². The molecule has 0 aliphatic heterocycles. The van der Waals surface area contributed by atoms with Gasteiger partial charge in [0.1, 0.15) is 13.2 Å². The molecule has 0 bridgehead atoms. The third-order valence-electron chi connectivity index (χ3n) is 6.44. The highest BCUT2D eigenvalue weighted by Crippen LogP contribution is 2.27. The van der Waals surface area contributed by atoms with E-state index in [-0.39, 0.29) is 32.6 Å². The summed E-state index contributed by atoms with van der Waals surface area (Å²) in [5.74, 6) is -3.21. The standard InChI is InChI=1S/C32H41NO12/c1-21(34)33(13-12-26-9-7-8-25-11-10-24(17-40-6)14-28(25)26)31(39)44-20-43-29(37)15-32(4,5)16-30(38)45-27(18-41-22(2)35)19-42-23(3)36/h7-11,14,27H,12-13,15-20H2,1-6H3. The fourth-order valence-electron chi connectivity index (χ4n) is 4.35. The number of hydrogen-bond donors (Lipinski definition) is 0. The molecule has 0 aliphatic carbocycles. The predicted molar refractivity (Wildman–Crippen MR) is 159 cm³/mol. The molecule has 0 aromatic heterocycles. The minimum atomic E-state index is -1.02. The van der Waals surface area contributed by atoms with E-state index in [1.807, 2.05) is 36.4 Å². The van der Waals surface area contributed by atoms with Crippen molar-refractivity contribution in [1.82, 2.24) is 4.90 Å². The van der Waals surface area contributed by atoms with Crippen molar-refractivity contribution in [2.45, 2.75) is 66.6 Å². The molecule has 0 saturated carbocycles. The van der Waals surface area contributed by atoms with Gasteiger partial charge in [-0.25, -0.2) is 9.69 Å². The Bertz CT molecular complexity index is 1350. The summed E-state index contributed by atoms with van der Waals surface area (Å²) in [6.07, 6.45) is -2.08. The van der Waals surface area contributed by atoms with Crippen molar-refractivity contribution in [3.8, 4) is 0 Å². The van der Waals surface area contributed by atoms with Gasteiger partial charge in [0.05, 0.1) is 19.4 Å². The molecule has 0 fully saturated rings. The maximum Gasteiger partial charge on any atom is 0.419 e. The fourth-order valence-corrected chi connectivity index (χ4v) is 4.35. The van der Waals surface area contributed by atoms with Crippen LogP contribution in [0.2, 0.25) is 0 Å². The van der Waals surface area contributed by atoms with Crippen molar-refractivity contribution in [2.24, 2.45) is 5.41 Å². The highest BCUT2D eigenvalue weighted by Gasteiger charge is 2.29. The molecule has 2 rings (SSSR count). The van der Waals surface area contributed by atoms with E-state index in [1.165, 1.54) is 20.8 Å². The summed E-state index contributed by atoms with van der Waals surface area (Å²) < 4.78 is 30.2. The lowest BCUT2D eigenvalue weighted by atomic mass is 9.86. The summed E-state index contributed by atoms with van der Waals surface area (Å²) in [6.45, 7) is 5.98. The number of carbonyl (C=O) groups is 6. The first-order chi connectivity index (χ1) is 21.2. The molecule has 0 atom stereocenters. The number of ether oxygens (including phenoxy) is 6. The van der Waals surface area contributed by atoms with E-state index < -0.39 is 54.2 Å². The number of nitrogens with zero attached hydrogens (tertiary/aromatic N) is 1. The summed E-state index contributed by atoms with van der Waals surface area (Å²) in [4.78, 5) is 73.0. The molecule has 0 saturated heterocycles. The lowest BCUT2D eigenvalue weighted by Crippen LogP contribution is -2.38. The Morgan fingerprint density at radius 3 is 2.07 bits per heavy atom. The number of carbonyl (C=O) groups excluding carboxylic acids is 6. The van der Waals surface area contributed by atoms with Gasteiger partial charge in [0, 0.05) is 34.4 Å². The lowest BCUT2D eigenvalue weighted by Gasteiger charge is -2.24. The van der Waals surface area contributed by atoms with Gasteiger partial charge in [-0.2, -0.15) is 0 Å². The van der Waals surface area contributed by atoms with E-state index >= 15 is 0 Å². The minimum Gasteiger partial charge on any atom is -0.462 e. The molecule has 0 N–H and O–H groups in total. The Kier molecular flexibility index (Phi) is 14.4. The number of imide groups is 1. The summed E-state index contributed by atoms with van der Waals surface area (Å²) in [5, 5.41) is 1.99. The monoisotopic (exact) mass is 631 g/mol. The summed E-state index contributed by atoms with van der Waals surface area (Å²) in [5.41, 5.74) is 0.990. The number of fused-ring (bicyclic) bond motifs is 1. The van der Waals surface area contributed by atoms with E-state index in [1.54, 1.807) is 21.0 Å². The first-order valence-electron chi connectivity index (χ1n) is 14.3. The molecular formula is C32H41NO12. The van der Waals surface area contributed by atoms with Crippen LogP contribution < -0.4 is 0 Å². The highest BCUT2D eigenvalue weighted by molar-refractivity contribution is 5.91. The van der Waals surface area contributed by atoms with Gasteiger partial charge < -0.3 is 28.4 Å². The van der Waals surface area contributed by atoms with E-state index in [4.69, 9.17) is 28.4 Å². The zero-order valence-electron chi connectivity index (χ0n) is 26.5. The number of hydrogen-bond acceptors (Lipinski definition) is 12. The summed E-state index contributed by atoms with van der Waals surface area (Å²) >= 11 is 0. The largest absolute Gasteiger partial charge is 0.462 e. The quantitative estimate of drug-likeness (QED) is 0.150. The average Bonchev–Trinajstić information content (AvgIpc) is 2.93. The first-order valence-corrected chi connectivity index (χ1v) is 14.3. The maximum atomic E-state index is 12.7. The number of esters is 4. The molecule has 246 valence electrons. The summed E-state index contributed by atoms with van der Waals surface area (Å²) in [6, 6.07) is 11.8. The van der Waals surface area contributed by atoms with Crippen LogP contribution in [0.4, 0.5) is 4.79 Å². The van der Waals surface area contributed by atoms with Crippen LogP contribution in [-0.2, 0) is 65.4 Å². The summed E-state index contributed by atoms with van der Waals surface area (Å²) in [7, 11) is 1.61. The zero-order chi connectivity index (χ0) is 33.6. The SMILES string of the molecule is COCc1ccc2cccc(CCN(C(C)=O)C(=O)OCOC(=O)CC(C)(C)CC(=O)OC(COC(C)=O)COC(C)=O)c2c1. The van der Waals surface area contributed by atoms with E-state index in [2.05, 4.69) is 0 Å². The normalized spacial score (nSPS) is 11.1. The van der Waals surface area contributed by atoms with Crippen LogP contribution in [0.3, 0.4) is 0 Å². The van der Waals surface area contributed by atoms with Gasteiger partial charge in [0.15, 0.2) is 6.10 Å². The molecule has 13 heteroatoms. The fraction of sp³-hybridized carbons (Fsp3) is 0.500. The molecule has 2 amide bonds. The van der Waals surface area contributed by atoms with Gasteiger partial charge in [0.25, 0.3) is 0 Å². The molecule has 45 heavy (non-hydrogen) atoms. The Labute approximate surface area is 262 Å². The molecule has 0 unspecified atom stereocenters. The highest BCUT2D eigenvalue weighted by atomic mass is 16.7. The van der Waals surface area contributed by atoms with Crippen molar-refractivity contribution in [2.75, 3.05) is 33.7 Å². The molecule has 0 radical (unpaired) electrons. The number of amides is 2. The zero-order valence-corrected chi connectivity index (χ0v) is 26.5. The average molecular weight is 632 g/mol. The van der Waals surface area contributed by atoms with E-state index in [0.717, 1.165) is 26.8 Å². The van der Waals surface area contributed by atoms with Crippen LogP contribution in [0.5, 0.6) is 0 Å². The van der Waals surface area contributed by atoms with Gasteiger partial charge in [-0.05, 0) is 39.8 Å². The lowest BCUT2D eigenvalue weighted by molar-refractivity contribution is -0.168. The third kappa shape index (κ3) is 13.3. The predicted octanol–water partition coefficient (Wildman–Crippen LogP) is 3.86. The van der Waals surface area contributed by atoms with Crippen LogP contribution in [0.15, 0.2) is 36.4 Å². The molecule has 0 heterocycles. The van der Waals surface area contributed by atoms with Gasteiger partial charge in [0.2, 0.25) is 12.7 Å². The second kappa shape index (κ2) is 17.7. The molecule has 13 nitrogen and oxygen atoms in total. The molecule has 0 aliphatic rings. The van der Waals surface area contributed by atoms with Crippen LogP contribution in [-0.4, -0.2) is 80.5 Å². The van der Waals surface area contributed by atoms with Crippen LogP contribution in [0.25, 0.3) is 10.8 Å². The van der Waals surface area contributed by atoms with Crippen molar-refractivity contribution in [3.63, 3.8) is 0 Å². The Morgan fingerprint density at radius 1 is 0.822 bits per heavy atom. The molecular weight excluding hydrogens is 590 g/mol. The van der Waals surface area contributed by atoms with Crippen molar-refractivity contribution >= 4 is 46.7 Å². The second-order valence-electron chi connectivity index (χ2n) is 11.1. The van der Waals surface area contributed by atoms with Gasteiger partial charge >= 0.3 is 30.0 Å². The topological polar surface area (TPSA) is 161 Å². The molecule has 2 aromatic rings.